The summed E-state index contributed by atoms with van der Waals surface area (Å²) in [5, 5.41) is 6.80. The number of nitrogens with zero attached hydrogens (tertiary/aromatic N) is 4. The van der Waals surface area contributed by atoms with Gasteiger partial charge in [0.1, 0.15) is 10.7 Å². The number of rotatable bonds is 2. The first-order chi connectivity index (χ1) is 8.74. The molecule has 0 aromatic carbocycles. The third-order valence-electron chi connectivity index (χ3n) is 3.07. The second-order valence-corrected chi connectivity index (χ2v) is 5.30. The van der Waals surface area contributed by atoms with E-state index < -0.39 is 0 Å². The Bertz CT molecular complexity index is 568. The van der Waals surface area contributed by atoms with Gasteiger partial charge in [-0.3, -0.25) is 9.48 Å². The van der Waals surface area contributed by atoms with Gasteiger partial charge in [0.15, 0.2) is 0 Å². The van der Waals surface area contributed by atoms with E-state index in [1.165, 1.54) is 11.3 Å². The van der Waals surface area contributed by atoms with E-state index in [9.17, 15) is 4.79 Å². The van der Waals surface area contributed by atoms with Crippen LogP contribution in [0, 0.1) is 0 Å². The Hall–Kier alpha value is -1.69. The molecule has 0 saturated carbocycles. The quantitative estimate of drug-likeness (QED) is 0.829. The van der Waals surface area contributed by atoms with Gasteiger partial charge in [0, 0.05) is 37.3 Å². The minimum atomic E-state index is 0.0545. The third-order valence-corrected chi connectivity index (χ3v) is 3.96. The van der Waals surface area contributed by atoms with Crippen molar-refractivity contribution in [2.24, 2.45) is 7.05 Å². The maximum Gasteiger partial charge on any atom is 0.273 e. The lowest BCUT2D eigenvalue weighted by Gasteiger charge is -2.12. The second kappa shape index (κ2) is 4.53. The van der Waals surface area contributed by atoms with Crippen LogP contribution in [0.3, 0.4) is 0 Å². The number of thiazole rings is 1. The van der Waals surface area contributed by atoms with Crippen molar-refractivity contribution in [3.8, 4) is 10.6 Å². The molecule has 0 aliphatic carbocycles. The predicted molar refractivity (Wildman–Crippen MR) is 69.5 cm³/mol. The summed E-state index contributed by atoms with van der Waals surface area (Å²) >= 11 is 1.49. The molecule has 0 atom stereocenters. The Kier molecular flexibility index (Phi) is 2.87. The number of aromatic nitrogens is 3. The molecule has 1 aliphatic rings. The summed E-state index contributed by atoms with van der Waals surface area (Å²) in [6, 6.07) is 0. The van der Waals surface area contributed by atoms with E-state index in [1.807, 2.05) is 23.5 Å². The van der Waals surface area contributed by atoms with Crippen LogP contribution in [0.1, 0.15) is 23.3 Å². The van der Waals surface area contributed by atoms with Crippen molar-refractivity contribution in [3.05, 3.63) is 23.5 Å². The molecule has 1 amide bonds. The van der Waals surface area contributed by atoms with Crippen LogP contribution in [0.2, 0.25) is 0 Å². The Morgan fingerprint density at radius 2 is 2.17 bits per heavy atom. The fraction of sp³-hybridized carbons (Fsp3) is 0.417. The standard InChI is InChI=1S/C12H14N4OS/c1-15-7-9(6-13-15)11-14-10(8-18-11)12(17)16-4-2-3-5-16/h6-8H,2-5H2,1H3. The molecule has 6 heteroatoms. The van der Waals surface area contributed by atoms with Gasteiger partial charge in [-0.05, 0) is 12.8 Å². The summed E-state index contributed by atoms with van der Waals surface area (Å²) in [6.07, 6.45) is 5.88. The number of hydrogen-bond acceptors (Lipinski definition) is 4. The molecule has 0 spiro atoms. The Balaban J connectivity index is 1.82. The van der Waals surface area contributed by atoms with Crippen LogP contribution in [-0.2, 0) is 7.05 Å². The van der Waals surface area contributed by atoms with Gasteiger partial charge in [-0.1, -0.05) is 0 Å². The average Bonchev–Trinajstić information content (AvgIpc) is 3.09. The van der Waals surface area contributed by atoms with Crippen molar-refractivity contribution >= 4 is 17.2 Å². The highest BCUT2D eigenvalue weighted by Gasteiger charge is 2.22. The van der Waals surface area contributed by atoms with Crippen LogP contribution in [0.15, 0.2) is 17.8 Å². The molecule has 18 heavy (non-hydrogen) atoms. The van der Waals surface area contributed by atoms with E-state index in [-0.39, 0.29) is 5.91 Å². The van der Waals surface area contributed by atoms with Crippen molar-refractivity contribution in [1.82, 2.24) is 19.7 Å². The Morgan fingerprint density at radius 1 is 1.39 bits per heavy atom. The SMILES string of the molecule is Cn1cc(-c2nc(C(=O)N3CCCC3)cs2)cn1. The number of hydrogen-bond donors (Lipinski definition) is 0. The molecule has 0 N–H and O–H groups in total. The van der Waals surface area contributed by atoms with Crippen molar-refractivity contribution in [3.63, 3.8) is 0 Å². The second-order valence-electron chi connectivity index (χ2n) is 4.44. The van der Waals surface area contributed by atoms with Gasteiger partial charge < -0.3 is 4.90 Å². The van der Waals surface area contributed by atoms with Crippen LogP contribution in [0.4, 0.5) is 0 Å². The Labute approximate surface area is 109 Å². The van der Waals surface area contributed by atoms with E-state index >= 15 is 0 Å². The summed E-state index contributed by atoms with van der Waals surface area (Å²) in [5.74, 6) is 0.0545. The van der Waals surface area contributed by atoms with E-state index in [1.54, 1.807) is 10.9 Å². The minimum Gasteiger partial charge on any atom is -0.337 e. The van der Waals surface area contributed by atoms with Crippen LogP contribution in [0.25, 0.3) is 10.6 Å². The number of likely N-dealkylation sites (tertiary alicyclic amines) is 1. The monoisotopic (exact) mass is 262 g/mol. The normalized spacial score (nSPS) is 15.3. The van der Waals surface area contributed by atoms with Crippen molar-refractivity contribution in [2.75, 3.05) is 13.1 Å². The molecule has 3 heterocycles. The van der Waals surface area contributed by atoms with Crippen LogP contribution >= 0.6 is 11.3 Å². The zero-order valence-corrected chi connectivity index (χ0v) is 11.0. The van der Waals surface area contributed by atoms with E-state index in [0.717, 1.165) is 36.5 Å². The molecule has 5 nitrogen and oxygen atoms in total. The summed E-state index contributed by atoms with van der Waals surface area (Å²) in [6.45, 7) is 1.72. The molecule has 1 aliphatic heterocycles. The maximum atomic E-state index is 12.1. The fourth-order valence-corrected chi connectivity index (χ4v) is 2.89. The molecule has 1 saturated heterocycles. The number of aryl methyl sites for hydroxylation is 1. The van der Waals surface area contributed by atoms with Gasteiger partial charge in [-0.25, -0.2) is 4.98 Å². The number of carbonyl (C=O) groups is 1. The summed E-state index contributed by atoms with van der Waals surface area (Å²) in [7, 11) is 1.87. The maximum absolute atomic E-state index is 12.1. The van der Waals surface area contributed by atoms with Gasteiger partial charge in [0.05, 0.1) is 6.20 Å². The summed E-state index contributed by atoms with van der Waals surface area (Å²) in [4.78, 5) is 18.4. The van der Waals surface area contributed by atoms with Gasteiger partial charge in [-0.15, -0.1) is 11.3 Å². The highest BCUT2D eigenvalue weighted by atomic mass is 32.1. The van der Waals surface area contributed by atoms with Crippen LogP contribution in [0.5, 0.6) is 0 Å². The summed E-state index contributed by atoms with van der Waals surface area (Å²) in [5.41, 5.74) is 1.52. The van der Waals surface area contributed by atoms with Gasteiger partial charge in [-0.2, -0.15) is 5.10 Å². The first kappa shape index (κ1) is 11.4. The predicted octanol–water partition coefficient (Wildman–Crippen LogP) is 1.78. The van der Waals surface area contributed by atoms with Gasteiger partial charge >= 0.3 is 0 Å². The lowest BCUT2D eigenvalue weighted by atomic mass is 10.3. The van der Waals surface area contributed by atoms with Crippen molar-refractivity contribution in [1.29, 1.82) is 0 Å². The molecule has 0 unspecified atom stereocenters. The highest BCUT2D eigenvalue weighted by molar-refractivity contribution is 7.13. The first-order valence-corrected chi connectivity index (χ1v) is 6.86. The molecule has 94 valence electrons. The lowest BCUT2D eigenvalue weighted by molar-refractivity contribution is 0.0788. The zero-order chi connectivity index (χ0) is 12.5. The topological polar surface area (TPSA) is 51.0 Å². The molecule has 0 bridgehead atoms. The minimum absolute atomic E-state index is 0.0545. The number of carbonyl (C=O) groups excluding carboxylic acids is 1. The summed E-state index contributed by atoms with van der Waals surface area (Å²) < 4.78 is 1.73. The lowest BCUT2D eigenvalue weighted by Crippen LogP contribution is -2.27. The number of amides is 1. The molecule has 2 aromatic heterocycles. The molecular weight excluding hydrogens is 248 g/mol. The van der Waals surface area contributed by atoms with Crippen molar-refractivity contribution in [2.45, 2.75) is 12.8 Å². The Morgan fingerprint density at radius 3 is 2.83 bits per heavy atom. The van der Waals surface area contributed by atoms with Crippen LogP contribution < -0.4 is 0 Å². The molecule has 1 fully saturated rings. The smallest absolute Gasteiger partial charge is 0.273 e. The van der Waals surface area contributed by atoms with Crippen molar-refractivity contribution < 1.29 is 4.79 Å². The molecule has 3 rings (SSSR count). The van der Waals surface area contributed by atoms with Gasteiger partial charge in [0.25, 0.3) is 5.91 Å². The largest absolute Gasteiger partial charge is 0.337 e. The van der Waals surface area contributed by atoms with E-state index in [0.29, 0.717) is 5.69 Å². The van der Waals surface area contributed by atoms with Crippen LogP contribution in [-0.4, -0.2) is 38.7 Å². The third kappa shape index (κ3) is 2.03. The van der Waals surface area contributed by atoms with E-state index in [2.05, 4.69) is 10.1 Å². The fourth-order valence-electron chi connectivity index (χ4n) is 2.12. The first-order valence-electron chi connectivity index (χ1n) is 5.98. The molecule has 2 aromatic rings. The molecular formula is C12H14N4OS. The molecule has 0 radical (unpaired) electrons. The van der Waals surface area contributed by atoms with Gasteiger partial charge in [0.2, 0.25) is 0 Å². The van der Waals surface area contributed by atoms with E-state index in [4.69, 9.17) is 0 Å². The zero-order valence-electron chi connectivity index (χ0n) is 10.2. The average molecular weight is 262 g/mol. The highest BCUT2D eigenvalue weighted by Crippen LogP contribution is 2.24.